The molecule has 0 aliphatic carbocycles. The van der Waals surface area contributed by atoms with E-state index in [1.54, 1.807) is 12.1 Å². The average molecular weight is 550 g/mol. The number of ether oxygens (including phenoxy) is 1. The Morgan fingerprint density at radius 2 is 1.21 bits per heavy atom. The monoisotopic (exact) mass is 549 g/mol. The predicted molar refractivity (Wildman–Crippen MR) is 141 cm³/mol. The van der Waals surface area contributed by atoms with E-state index in [0.29, 0.717) is 0 Å². The molecule has 0 radical (unpaired) electrons. The van der Waals surface area contributed by atoms with Crippen LogP contribution in [0.1, 0.15) is 33.3 Å². The number of carboxylic acid groups (broad SMARTS) is 1. The number of carbonyl (C=O) groups is 6. The van der Waals surface area contributed by atoms with Crippen LogP contribution >= 0.6 is 0 Å². The topological polar surface area (TPSA) is 174 Å². The van der Waals surface area contributed by atoms with Crippen molar-refractivity contribution in [2.75, 3.05) is 45.8 Å². The molecule has 0 saturated heterocycles. The lowest BCUT2D eigenvalue weighted by molar-refractivity contribution is -0.140. The molecule has 5 amide bonds. The highest BCUT2D eigenvalue weighted by Crippen LogP contribution is 2.03. The number of benzene rings is 1. The van der Waals surface area contributed by atoms with Crippen LogP contribution in [-0.4, -0.2) is 96.4 Å². The van der Waals surface area contributed by atoms with E-state index < -0.39 is 48.8 Å². The summed E-state index contributed by atoms with van der Waals surface area (Å²) >= 11 is 0. The van der Waals surface area contributed by atoms with Gasteiger partial charge < -0.3 is 35.6 Å². The van der Waals surface area contributed by atoms with Crippen LogP contribution in [0.2, 0.25) is 0 Å². The lowest BCUT2D eigenvalue weighted by Crippen LogP contribution is -2.49. The van der Waals surface area contributed by atoms with Crippen molar-refractivity contribution in [2.24, 2.45) is 11.8 Å². The maximum atomic E-state index is 12.7. The molecule has 0 aromatic heterocycles. The van der Waals surface area contributed by atoms with E-state index in [1.807, 2.05) is 45.9 Å². The van der Waals surface area contributed by atoms with Gasteiger partial charge in [0.2, 0.25) is 23.6 Å². The number of nitrogens with one attached hydrogen (secondary N) is 3. The first kappa shape index (κ1) is 32.9. The molecule has 0 spiro atoms. The van der Waals surface area contributed by atoms with Crippen molar-refractivity contribution < 1.29 is 38.6 Å². The molecule has 216 valence electrons. The number of rotatable bonds is 16. The number of amides is 5. The van der Waals surface area contributed by atoms with Gasteiger partial charge in [0.15, 0.2) is 0 Å². The summed E-state index contributed by atoms with van der Waals surface area (Å²) in [6.07, 6.45) is -0.774. The second-order valence-corrected chi connectivity index (χ2v) is 9.70. The van der Waals surface area contributed by atoms with E-state index in [0.717, 1.165) is 5.56 Å². The second kappa shape index (κ2) is 17.4. The van der Waals surface area contributed by atoms with E-state index >= 15 is 0 Å². The van der Waals surface area contributed by atoms with Gasteiger partial charge >= 0.3 is 12.1 Å². The van der Waals surface area contributed by atoms with Crippen molar-refractivity contribution in [2.45, 2.75) is 34.3 Å². The average Bonchev–Trinajstić information content (AvgIpc) is 2.87. The first-order chi connectivity index (χ1) is 18.4. The molecule has 39 heavy (non-hydrogen) atoms. The third-order valence-electron chi connectivity index (χ3n) is 5.02. The highest BCUT2D eigenvalue weighted by molar-refractivity contribution is 5.91. The SMILES string of the molecule is CC(C)CN(CC(=O)NCC(=O)O)C(=O)CNC(=O)CN(CC(C)C)C(=O)CNC(=O)OCc1ccccc1. The summed E-state index contributed by atoms with van der Waals surface area (Å²) in [5, 5.41) is 15.7. The van der Waals surface area contributed by atoms with Crippen molar-refractivity contribution in [1.29, 1.82) is 0 Å². The zero-order valence-corrected chi connectivity index (χ0v) is 22.9. The predicted octanol–water partition coefficient (Wildman–Crippen LogP) is 0.199. The van der Waals surface area contributed by atoms with Crippen molar-refractivity contribution >= 4 is 35.7 Å². The maximum Gasteiger partial charge on any atom is 0.407 e. The Balaban J connectivity index is 2.60. The number of alkyl carbamates (subject to hydrolysis) is 1. The molecule has 0 unspecified atom stereocenters. The highest BCUT2D eigenvalue weighted by Gasteiger charge is 2.22. The van der Waals surface area contributed by atoms with Crippen LogP contribution in [0.5, 0.6) is 0 Å². The minimum Gasteiger partial charge on any atom is -0.480 e. The van der Waals surface area contributed by atoms with Gasteiger partial charge in [-0.05, 0) is 17.4 Å². The smallest absolute Gasteiger partial charge is 0.407 e. The quantitative estimate of drug-likeness (QED) is 0.226. The van der Waals surface area contributed by atoms with E-state index in [-0.39, 0.29) is 51.2 Å². The van der Waals surface area contributed by atoms with Crippen LogP contribution in [0.15, 0.2) is 30.3 Å². The largest absolute Gasteiger partial charge is 0.480 e. The zero-order valence-electron chi connectivity index (χ0n) is 22.9. The van der Waals surface area contributed by atoms with Crippen molar-refractivity contribution in [3.63, 3.8) is 0 Å². The summed E-state index contributed by atoms with van der Waals surface area (Å²) in [5.74, 6) is -3.44. The third-order valence-corrected chi connectivity index (χ3v) is 5.02. The number of carboxylic acids is 1. The fraction of sp³-hybridized carbons (Fsp3) is 0.538. The number of hydrogen-bond acceptors (Lipinski definition) is 7. The van der Waals surface area contributed by atoms with Gasteiger partial charge in [-0.2, -0.15) is 0 Å². The Morgan fingerprint density at radius 1 is 0.744 bits per heavy atom. The summed E-state index contributed by atoms with van der Waals surface area (Å²) in [7, 11) is 0. The third kappa shape index (κ3) is 15.0. The lowest BCUT2D eigenvalue weighted by Gasteiger charge is -2.26. The van der Waals surface area contributed by atoms with Crippen LogP contribution in [-0.2, 0) is 35.3 Å². The summed E-state index contributed by atoms with van der Waals surface area (Å²) in [5.41, 5.74) is 0.791. The Morgan fingerprint density at radius 3 is 1.67 bits per heavy atom. The zero-order chi connectivity index (χ0) is 29.4. The van der Waals surface area contributed by atoms with E-state index in [2.05, 4.69) is 16.0 Å². The van der Waals surface area contributed by atoms with Gasteiger partial charge in [0.05, 0.1) is 19.6 Å². The molecule has 0 fully saturated rings. The molecule has 0 bridgehead atoms. The van der Waals surface area contributed by atoms with Gasteiger partial charge in [-0.1, -0.05) is 58.0 Å². The minimum atomic E-state index is -1.21. The number of hydrogen-bond donors (Lipinski definition) is 4. The Labute approximate surface area is 228 Å². The minimum absolute atomic E-state index is 0.0166. The summed E-state index contributed by atoms with van der Waals surface area (Å²) in [6.45, 7) is 5.86. The molecule has 13 heteroatoms. The Hall–Kier alpha value is -4.16. The fourth-order valence-electron chi connectivity index (χ4n) is 3.34. The van der Waals surface area contributed by atoms with Crippen molar-refractivity contribution in [3.8, 4) is 0 Å². The molecule has 0 aliphatic rings. The number of aliphatic carboxylic acids is 1. The van der Waals surface area contributed by atoms with Crippen LogP contribution in [0, 0.1) is 11.8 Å². The van der Waals surface area contributed by atoms with Crippen LogP contribution < -0.4 is 16.0 Å². The molecule has 0 atom stereocenters. The molecule has 1 aromatic carbocycles. The molecule has 1 aromatic rings. The van der Waals surface area contributed by atoms with Gasteiger partial charge in [0.1, 0.15) is 19.7 Å². The molecular weight excluding hydrogens is 510 g/mol. The fourth-order valence-corrected chi connectivity index (χ4v) is 3.34. The molecule has 0 heterocycles. The second-order valence-electron chi connectivity index (χ2n) is 9.70. The van der Waals surface area contributed by atoms with Crippen LogP contribution in [0.4, 0.5) is 4.79 Å². The molecular formula is C26H39N5O8. The van der Waals surface area contributed by atoms with Gasteiger partial charge in [0.25, 0.3) is 0 Å². The van der Waals surface area contributed by atoms with E-state index in [4.69, 9.17) is 9.84 Å². The van der Waals surface area contributed by atoms with Gasteiger partial charge in [-0.25, -0.2) is 4.79 Å². The lowest BCUT2D eigenvalue weighted by atomic mass is 10.2. The standard InChI is InChI=1S/C26H39N5O8/c1-18(2)13-30(16-22(33)28-12-25(36)37)23(34)10-27-21(32)15-31(14-19(3)4)24(35)11-29-26(38)39-17-20-8-6-5-7-9-20/h5-9,18-19H,10-17H2,1-4H3,(H,27,32)(H,28,33)(H,29,38)(H,36,37). The molecule has 4 N–H and O–H groups in total. The van der Waals surface area contributed by atoms with Crippen molar-refractivity contribution in [1.82, 2.24) is 25.8 Å². The molecule has 1 rings (SSSR count). The normalized spacial score (nSPS) is 10.5. The highest BCUT2D eigenvalue weighted by atomic mass is 16.5. The summed E-state index contributed by atoms with van der Waals surface area (Å²) in [4.78, 5) is 75.0. The number of nitrogens with zero attached hydrogens (tertiary/aromatic N) is 2. The first-order valence-electron chi connectivity index (χ1n) is 12.6. The van der Waals surface area contributed by atoms with Crippen molar-refractivity contribution in [3.05, 3.63) is 35.9 Å². The van der Waals surface area contributed by atoms with E-state index in [1.165, 1.54) is 9.80 Å². The summed E-state index contributed by atoms with van der Waals surface area (Å²) in [6, 6.07) is 9.04. The Bertz CT molecular complexity index is 984. The van der Waals surface area contributed by atoms with Crippen LogP contribution in [0.3, 0.4) is 0 Å². The van der Waals surface area contributed by atoms with Crippen LogP contribution in [0.25, 0.3) is 0 Å². The molecule has 0 saturated carbocycles. The number of carbonyl (C=O) groups excluding carboxylic acids is 5. The summed E-state index contributed by atoms with van der Waals surface area (Å²) < 4.78 is 5.09. The van der Waals surface area contributed by atoms with Gasteiger partial charge in [-0.3, -0.25) is 24.0 Å². The first-order valence-corrected chi connectivity index (χ1v) is 12.6. The van der Waals surface area contributed by atoms with Gasteiger partial charge in [0, 0.05) is 13.1 Å². The molecule has 0 aliphatic heterocycles. The molecule has 13 nitrogen and oxygen atoms in total. The maximum absolute atomic E-state index is 12.7. The van der Waals surface area contributed by atoms with Gasteiger partial charge in [-0.15, -0.1) is 0 Å². The Kier molecular flexibility index (Phi) is 14.6. The van der Waals surface area contributed by atoms with E-state index in [9.17, 15) is 28.8 Å².